The van der Waals surface area contributed by atoms with E-state index in [0.717, 1.165) is 28.4 Å². The molecular weight excluding hydrogens is 482 g/mol. The normalized spacial score (nSPS) is 12.1. The number of thiazole rings is 1. The smallest absolute Gasteiger partial charge is 0.343 e. The van der Waals surface area contributed by atoms with E-state index in [4.69, 9.17) is 4.74 Å². The summed E-state index contributed by atoms with van der Waals surface area (Å²) in [5, 5.41) is 0.939. The Morgan fingerprint density at radius 1 is 0.971 bits per heavy atom. The van der Waals surface area contributed by atoms with Crippen LogP contribution in [-0.4, -0.2) is 49.9 Å². The quantitative estimate of drug-likeness (QED) is 0.241. The first-order valence-corrected chi connectivity index (χ1v) is 14.3. The van der Waals surface area contributed by atoms with Gasteiger partial charge in [-0.15, -0.1) is 0 Å². The Morgan fingerprint density at radius 2 is 1.57 bits per heavy atom. The maximum Gasteiger partial charge on any atom is 0.343 e. The Hall–Kier alpha value is -2.49. The van der Waals surface area contributed by atoms with Gasteiger partial charge in [0.2, 0.25) is 10.0 Å². The lowest BCUT2D eigenvalue weighted by atomic mass is 10.2. The van der Waals surface area contributed by atoms with Crippen LogP contribution in [0.15, 0.2) is 47.4 Å². The molecule has 1 heterocycles. The zero-order chi connectivity index (χ0) is 25.8. The molecule has 9 heteroatoms. The molecule has 0 aliphatic heterocycles. The molecular formula is C26H35N3O4S2. The van der Waals surface area contributed by atoms with Crippen molar-refractivity contribution in [1.29, 1.82) is 0 Å². The zero-order valence-corrected chi connectivity index (χ0v) is 22.9. The van der Waals surface area contributed by atoms with Crippen molar-refractivity contribution in [3.63, 3.8) is 0 Å². The first kappa shape index (κ1) is 27.1. The van der Waals surface area contributed by atoms with Crippen molar-refractivity contribution < 1.29 is 17.9 Å². The topological polar surface area (TPSA) is 79.8 Å². The number of anilines is 1. The summed E-state index contributed by atoms with van der Waals surface area (Å²) in [6, 6.07) is 11.3. The van der Waals surface area contributed by atoms with E-state index in [-0.39, 0.29) is 22.3 Å². The van der Waals surface area contributed by atoms with Crippen LogP contribution in [0, 0.1) is 11.8 Å². The number of hydrogen-bond donors (Lipinski definition) is 0. The molecule has 0 bridgehead atoms. The standard InChI is InChI=1S/C26H35N3O4S2/c1-7-28(8-2)26-27-23-14-11-21(15-24(23)34-26)33-25(30)20-9-12-22(13-10-20)35(31,32)29(16-18(3)4)17-19(5)6/h9-15,18-19H,7-8,16-17H2,1-6H3. The first-order chi connectivity index (χ1) is 16.5. The average Bonchev–Trinajstić information content (AvgIpc) is 3.22. The van der Waals surface area contributed by atoms with E-state index in [9.17, 15) is 13.2 Å². The molecule has 0 saturated heterocycles. The summed E-state index contributed by atoms with van der Waals surface area (Å²) in [5.41, 5.74) is 1.15. The third-order valence-electron chi connectivity index (χ3n) is 5.46. The fourth-order valence-electron chi connectivity index (χ4n) is 3.75. The molecule has 0 saturated carbocycles. The third-order valence-corrected chi connectivity index (χ3v) is 8.38. The SMILES string of the molecule is CCN(CC)c1nc2ccc(OC(=O)c3ccc(S(=O)(=O)N(CC(C)C)CC(C)C)cc3)cc2s1. The van der Waals surface area contributed by atoms with E-state index in [2.05, 4.69) is 23.7 Å². The lowest BCUT2D eigenvalue weighted by Gasteiger charge is -2.25. The number of esters is 1. The fraction of sp³-hybridized carbons (Fsp3) is 0.462. The summed E-state index contributed by atoms with van der Waals surface area (Å²) in [5.74, 6) is 0.297. The molecule has 7 nitrogen and oxygen atoms in total. The summed E-state index contributed by atoms with van der Waals surface area (Å²) >= 11 is 1.56. The highest BCUT2D eigenvalue weighted by Crippen LogP contribution is 2.31. The summed E-state index contributed by atoms with van der Waals surface area (Å²) in [6.45, 7) is 14.8. The summed E-state index contributed by atoms with van der Waals surface area (Å²) in [6.07, 6.45) is 0. The Morgan fingerprint density at radius 3 is 2.11 bits per heavy atom. The minimum Gasteiger partial charge on any atom is -0.423 e. The molecule has 2 aromatic carbocycles. The molecule has 3 rings (SSSR count). The summed E-state index contributed by atoms with van der Waals surface area (Å²) in [7, 11) is -3.65. The van der Waals surface area contributed by atoms with Crippen molar-refractivity contribution in [2.24, 2.45) is 11.8 Å². The Bertz CT molecular complexity index is 1240. The Balaban J connectivity index is 1.76. The monoisotopic (exact) mass is 517 g/mol. The third kappa shape index (κ3) is 6.59. The van der Waals surface area contributed by atoms with E-state index in [1.165, 1.54) is 28.6 Å². The van der Waals surface area contributed by atoms with E-state index in [1.807, 2.05) is 39.8 Å². The van der Waals surface area contributed by atoms with Gasteiger partial charge < -0.3 is 9.64 Å². The van der Waals surface area contributed by atoms with Crippen molar-refractivity contribution in [3.8, 4) is 5.75 Å². The Labute approximate surface area is 212 Å². The van der Waals surface area contributed by atoms with Crippen molar-refractivity contribution >= 4 is 42.7 Å². The van der Waals surface area contributed by atoms with Gasteiger partial charge in [-0.25, -0.2) is 18.2 Å². The molecule has 0 atom stereocenters. The fourth-order valence-corrected chi connectivity index (χ4v) is 6.64. The lowest BCUT2D eigenvalue weighted by molar-refractivity contribution is 0.0735. The molecule has 0 amide bonds. The molecule has 0 spiro atoms. The van der Waals surface area contributed by atoms with E-state index < -0.39 is 16.0 Å². The number of nitrogens with zero attached hydrogens (tertiary/aromatic N) is 3. The van der Waals surface area contributed by atoms with Gasteiger partial charge in [0.25, 0.3) is 0 Å². The lowest BCUT2D eigenvalue weighted by Crippen LogP contribution is -2.37. The molecule has 1 aromatic heterocycles. The first-order valence-electron chi connectivity index (χ1n) is 12.0. The zero-order valence-electron chi connectivity index (χ0n) is 21.3. The van der Waals surface area contributed by atoms with Crippen LogP contribution in [-0.2, 0) is 10.0 Å². The summed E-state index contributed by atoms with van der Waals surface area (Å²) in [4.78, 5) is 19.7. The molecule has 190 valence electrons. The number of carbonyl (C=O) groups excluding carboxylic acids is 1. The highest BCUT2D eigenvalue weighted by molar-refractivity contribution is 7.89. The molecule has 0 aliphatic carbocycles. The van der Waals surface area contributed by atoms with Crippen molar-refractivity contribution in [3.05, 3.63) is 48.0 Å². The van der Waals surface area contributed by atoms with Gasteiger partial charge >= 0.3 is 5.97 Å². The molecule has 0 aliphatic rings. The van der Waals surface area contributed by atoms with Gasteiger partial charge in [0, 0.05) is 32.2 Å². The predicted octanol–water partition coefficient (Wildman–Crippen LogP) is 5.66. The second-order valence-corrected chi connectivity index (χ2v) is 12.3. The van der Waals surface area contributed by atoms with E-state index in [0.29, 0.717) is 18.8 Å². The van der Waals surface area contributed by atoms with Gasteiger partial charge in [-0.1, -0.05) is 39.0 Å². The number of fused-ring (bicyclic) bond motifs is 1. The van der Waals surface area contributed by atoms with Crippen molar-refractivity contribution in [1.82, 2.24) is 9.29 Å². The van der Waals surface area contributed by atoms with Crippen molar-refractivity contribution in [2.45, 2.75) is 46.4 Å². The molecule has 0 N–H and O–H groups in total. The minimum atomic E-state index is -3.65. The number of sulfonamides is 1. The largest absolute Gasteiger partial charge is 0.423 e. The van der Waals surface area contributed by atoms with Crippen molar-refractivity contribution in [2.75, 3.05) is 31.1 Å². The molecule has 35 heavy (non-hydrogen) atoms. The molecule has 0 unspecified atom stereocenters. The van der Waals surface area contributed by atoms with Crippen LogP contribution in [0.4, 0.5) is 5.13 Å². The van der Waals surface area contributed by atoms with Crippen LogP contribution < -0.4 is 9.64 Å². The number of hydrogen-bond acceptors (Lipinski definition) is 7. The number of aromatic nitrogens is 1. The van der Waals surface area contributed by atoms with Gasteiger partial charge in [0.05, 0.1) is 20.7 Å². The second-order valence-electron chi connectivity index (χ2n) is 9.32. The van der Waals surface area contributed by atoms with Crippen LogP contribution >= 0.6 is 11.3 Å². The van der Waals surface area contributed by atoms with Crippen LogP contribution in [0.3, 0.4) is 0 Å². The van der Waals surface area contributed by atoms with Crippen LogP contribution in [0.2, 0.25) is 0 Å². The van der Waals surface area contributed by atoms with Crippen LogP contribution in [0.1, 0.15) is 51.9 Å². The highest BCUT2D eigenvalue weighted by atomic mass is 32.2. The van der Waals surface area contributed by atoms with Crippen LogP contribution in [0.25, 0.3) is 10.2 Å². The molecule has 0 radical (unpaired) electrons. The second kappa shape index (κ2) is 11.5. The van der Waals surface area contributed by atoms with E-state index in [1.54, 1.807) is 17.4 Å². The summed E-state index contributed by atoms with van der Waals surface area (Å²) < 4.78 is 34.4. The number of ether oxygens (including phenoxy) is 1. The van der Waals surface area contributed by atoms with Gasteiger partial charge in [0.15, 0.2) is 5.13 Å². The number of carbonyl (C=O) groups is 1. The van der Waals surface area contributed by atoms with Gasteiger partial charge in [-0.3, -0.25) is 0 Å². The Kier molecular flexibility index (Phi) is 8.90. The predicted molar refractivity (Wildman–Crippen MR) is 143 cm³/mol. The van der Waals surface area contributed by atoms with E-state index >= 15 is 0 Å². The van der Waals surface area contributed by atoms with Crippen LogP contribution in [0.5, 0.6) is 5.75 Å². The van der Waals surface area contributed by atoms with Gasteiger partial charge in [-0.05, 0) is 62.1 Å². The minimum absolute atomic E-state index is 0.172. The van der Waals surface area contributed by atoms with Gasteiger partial charge in [0.1, 0.15) is 5.75 Å². The average molecular weight is 518 g/mol. The maximum atomic E-state index is 13.2. The highest BCUT2D eigenvalue weighted by Gasteiger charge is 2.26. The van der Waals surface area contributed by atoms with Gasteiger partial charge in [-0.2, -0.15) is 4.31 Å². The molecule has 3 aromatic rings. The molecule has 0 fully saturated rings. The number of benzene rings is 2. The maximum absolute atomic E-state index is 13.2. The number of rotatable bonds is 11.